The van der Waals surface area contributed by atoms with Crippen molar-refractivity contribution in [2.75, 3.05) is 38.5 Å². The summed E-state index contributed by atoms with van der Waals surface area (Å²) in [5.41, 5.74) is 0. The van der Waals surface area contributed by atoms with Crippen molar-refractivity contribution in [2.24, 2.45) is 0 Å². The molecule has 0 aromatic carbocycles. The fraction of sp³-hybridized carbons (Fsp3) is 1.00. The van der Waals surface area contributed by atoms with E-state index in [0.717, 1.165) is 13.1 Å². The number of nitrogens with one attached hydrogen (secondary N) is 1. The Labute approximate surface area is 92.8 Å². The van der Waals surface area contributed by atoms with E-state index in [1.165, 1.54) is 31.8 Å². The molecular formula is C11H24N2S. The van der Waals surface area contributed by atoms with Gasteiger partial charge in [-0.25, -0.2) is 0 Å². The first-order chi connectivity index (χ1) is 6.64. The molecule has 1 fully saturated rings. The van der Waals surface area contributed by atoms with Gasteiger partial charge in [0.25, 0.3) is 0 Å². The third-order valence-electron chi connectivity index (χ3n) is 2.51. The van der Waals surface area contributed by atoms with Gasteiger partial charge in [0.1, 0.15) is 0 Å². The molecule has 2 nitrogen and oxygen atoms in total. The van der Waals surface area contributed by atoms with Crippen molar-refractivity contribution in [2.45, 2.75) is 31.9 Å². The standard InChI is InChI=1S/C11H24N2S/c1-4-9-14-11(2,3)10-13-7-5-12-6-8-13/h12H,4-10H2,1-3H3. The minimum absolute atomic E-state index is 0.424. The van der Waals surface area contributed by atoms with Gasteiger partial charge in [0.2, 0.25) is 0 Å². The van der Waals surface area contributed by atoms with Gasteiger partial charge in [0.05, 0.1) is 0 Å². The fourth-order valence-electron chi connectivity index (χ4n) is 1.83. The molecule has 0 bridgehead atoms. The van der Waals surface area contributed by atoms with E-state index in [0.29, 0.717) is 4.75 Å². The number of nitrogens with zero attached hydrogens (tertiary/aromatic N) is 1. The fourth-order valence-corrected chi connectivity index (χ4v) is 2.86. The molecule has 1 saturated heterocycles. The molecule has 0 radical (unpaired) electrons. The van der Waals surface area contributed by atoms with Crippen molar-refractivity contribution in [3.8, 4) is 0 Å². The summed E-state index contributed by atoms with van der Waals surface area (Å²) in [5.74, 6) is 1.29. The molecule has 0 aromatic rings. The van der Waals surface area contributed by atoms with Gasteiger partial charge in [-0.2, -0.15) is 11.8 Å². The van der Waals surface area contributed by atoms with E-state index >= 15 is 0 Å². The normalized spacial score (nSPS) is 19.9. The van der Waals surface area contributed by atoms with Gasteiger partial charge < -0.3 is 5.32 Å². The smallest absolute Gasteiger partial charge is 0.0230 e. The van der Waals surface area contributed by atoms with Crippen LogP contribution in [0.3, 0.4) is 0 Å². The van der Waals surface area contributed by atoms with Crippen molar-refractivity contribution in [3.63, 3.8) is 0 Å². The minimum Gasteiger partial charge on any atom is -0.314 e. The Morgan fingerprint density at radius 2 is 1.93 bits per heavy atom. The summed E-state index contributed by atoms with van der Waals surface area (Å²) in [6, 6.07) is 0. The van der Waals surface area contributed by atoms with Crippen LogP contribution in [-0.2, 0) is 0 Å². The summed E-state index contributed by atoms with van der Waals surface area (Å²) < 4.78 is 0.424. The lowest BCUT2D eigenvalue weighted by atomic mass is 10.2. The summed E-state index contributed by atoms with van der Waals surface area (Å²) in [6.07, 6.45) is 1.29. The van der Waals surface area contributed by atoms with E-state index in [-0.39, 0.29) is 0 Å². The second-order valence-corrected chi connectivity index (χ2v) is 6.44. The summed E-state index contributed by atoms with van der Waals surface area (Å²) in [7, 11) is 0. The molecule has 1 aliphatic heterocycles. The van der Waals surface area contributed by atoms with Gasteiger partial charge in [-0.05, 0) is 26.0 Å². The summed E-state index contributed by atoms with van der Waals surface area (Å²) in [5, 5.41) is 3.40. The second-order valence-electron chi connectivity index (χ2n) is 4.63. The van der Waals surface area contributed by atoms with Crippen LogP contribution in [0.1, 0.15) is 27.2 Å². The van der Waals surface area contributed by atoms with Gasteiger partial charge in [-0.1, -0.05) is 6.92 Å². The molecule has 1 rings (SSSR count). The van der Waals surface area contributed by atoms with E-state index in [2.05, 4.69) is 42.7 Å². The van der Waals surface area contributed by atoms with E-state index in [9.17, 15) is 0 Å². The lowest BCUT2D eigenvalue weighted by molar-refractivity contribution is 0.226. The molecule has 0 spiro atoms. The Hall–Kier alpha value is 0.270. The number of rotatable bonds is 5. The second kappa shape index (κ2) is 5.99. The monoisotopic (exact) mass is 216 g/mol. The van der Waals surface area contributed by atoms with Gasteiger partial charge in [0, 0.05) is 37.5 Å². The first-order valence-electron chi connectivity index (χ1n) is 5.71. The highest BCUT2D eigenvalue weighted by Crippen LogP contribution is 2.26. The average molecular weight is 216 g/mol. The van der Waals surface area contributed by atoms with Gasteiger partial charge in [-0.15, -0.1) is 0 Å². The molecule has 3 heteroatoms. The van der Waals surface area contributed by atoms with Crippen LogP contribution in [0.4, 0.5) is 0 Å². The molecule has 0 aliphatic carbocycles. The number of hydrogen-bond acceptors (Lipinski definition) is 3. The van der Waals surface area contributed by atoms with Crippen molar-refractivity contribution in [1.29, 1.82) is 0 Å². The maximum absolute atomic E-state index is 3.40. The number of hydrogen-bond donors (Lipinski definition) is 1. The molecule has 0 atom stereocenters. The topological polar surface area (TPSA) is 15.3 Å². The van der Waals surface area contributed by atoms with Crippen molar-refractivity contribution >= 4 is 11.8 Å². The zero-order valence-corrected chi connectivity index (χ0v) is 10.6. The number of thioether (sulfide) groups is 1. The zero-order valence-electron chi connectivity index (χ0n) is 9.81. The highest BCUT2D eigenvalue weighted by atomic mass is 32.2. The van der Waals surface area contributed by atoms with Crippen molar-refractivity contribution in [1.82, 2.24) is 10.2 Å². The molecule has 0 unspecified atom stereocenters. The first kappa shape index (κ1) is 12.3. The quantitative estimate of drug-likeness (QED) is 0.754. The SMILES string of the molecule is CCCSC(C)(C)CN1CCNCC1. The average Bonchev–Trinajstić information content (AvgIpc) is 2.16. The maximum Gasteiger partial charge on any atom is 0.0230 e. The Morgan fingerprint density at radius 1 is 1.29 bits per heavy atom. The van der Waals surface area contributed by atoms with E-state index < -0.39 is 0 Å². The molecule has 1 N–H and O–H groups in total. The lowest BCUT2D eigenvalue weighted by Crippen LogP contribution is -2.47. The van der Waals surface area contributed by atoms with E-state index in [1.54, 1.807) is 0 Å². The molecule has 0 saturated carbocycles. The van der Waals surface area contributed by atoms with Crippen molar-refractivity contribution in [3.05, 3.63) is 0 Å². The Kier molecular flexibility index (Phi) is 5.28. The van der Waals surface area contributed by atoms with E-state index in [1.807, 2.05) is 0 Å². The largest absolute Gasteiger partial charge is 0.314 e. The molecule has 1 heterocycles. The van der Waals surface area contributed by atoms with Crippen LogP contribution in [-0.4, -0.2) is 48.1 Å². The van der Waals surface area contributed by atoms with Crippen LogP contribution in [0, 0.1) is 0 Å². The molecule has 0 aromatic heterocycles. The predicted molar refractivity (Wildman–Crippen MR) is 66.1 cm³/mol. The van der Waals surface area contributed by atoms with Crippen molar-refractivity contribution < 1.29 is 0 Å². The van der Waals surface area contributed by atoms with Crippen LogP contribution in [0.15, 0.2) is 0 Å². The van der Waals surface area contributed by atoms with Crippen LogP contribution in [0.5, 0.6) is 0 Å². The summed E-state index contributed by atoms with van der Waals surface area (Å²) >= 11 is 2.11. The third-order valence-corrected chi connectivity index (χ3v) is 4.03. The molecule has 0 amide bonds. The first-order valence-corrected chi connectivity index (χ1v) is 6.69. The predicted octanol–water partition coefficient (Wildman–Crippen LogP) is 1.81. The molecule has 14 heavy (non-hydrogen) atoms. The zero-order chi connectivity index (χ0) is 10.4. The minimum atomic E-state index is 0.424. The number of piperazine rings is 1. The van der Waals surface area contributed by atoms with Crippen LogP contribution in [0.2, 0.25) is 0 Å². The van der Waals surface area contributed by atoms with Gasteiger partial charge >= 0.3 is 0 Å². The van der Waals surface area contributed by atoms with Crippen LogP contribution >= 0.6 is 11.8 Å². The third kappa shape index (κ3) is 4.67. The Morgan fingerprint density at radius 3 is 2.50 bits per heavy atom. The summed E-state index contributed by atoms with van der Waals surface area (Å²) in [6.45, 7) is 13.0. The molecular weight excluding hydrogens is 192 g/mol. The highest BCUT2D eigenvalue weighted by molar-refractivity contribution is 8.00. The van der Waals surface area contributed by atoms with Crippen LogP contribution in [0.25, 0.3) is 0 Å². The Bertz CT molecular complexity index is 153. The molecule has 1 aliphatic rings. The highest BCUT2D eigenvalue weighted by Gasteiger charge is 2.22. The Balaban J connectivity index is 2.25. The molecule has 84 valence electrons. The van der Waals surface area contributed by atoms with Crippen LogP contribution < -0.4 is 5.32 Å². The maximum atomic E-state index is 3.40. The van der Waals surface area contributed by atoms with E-state index in [4.69, 9.17) is 0 Å². The van der Waals surface area contributed by atoms with Gasteiger partial charge in [-0.3, -0.25) is 4.90 Å². The summed E-state index contributed by atoms with van der Waals surface area (Å²) in [4.78, 5) is 2.58. The van der Waals surface area contributed by atoms with Gasteiger partial charge in [0.15, 0.2) is 0 Å². The lowest BCUT2D eigenvalue weighted by Gasteiger charge is -2.34.